The molecule has 4 rings (SSSR count). The second-order valence-corrected chi connectivity index (χ2v) is 6.87. The van der Waals surface area contributed by atoms with Crippen LogP contribution in [0.2, 0.25) is 0 Å². The monoisotopic (exact) mass is 341 g/mol. The summed E-state index contributed by atoms with van der Waals surface area (Å²) in [5.41, 5.74) is 1.98. The summed E-state index contributed by atoms with van der Waals surface area (Å²) < 4.78 is 7.06. The third kappa shape index (κ3) is 3.09. The van der Waals surface area contributed by atoms with Crippen molar-refractivity contribution in [3.05, 3.63) is 35.5 Å². The molecule has 1 aliphatic heterocycles. The van der Waals surface area contributed by atoms with E-state index in [9.17, 15) is 0 Å². The van der Waals surface area contributed by atoms with Crippen molar-refractivity contribution in [1.82, 2.24) is 29.9 Å². The normalized spacial score (nSPS) is 16.6. The number of piperidine rings is 1. The summed E-state index contributed by atoms with van der Waals surface area (Å²) in [5.74, 6) is 3.18. The van der Waals surface area contributed by atoms with Crippen molar-refractivity contribution in [2.75, 3.05) is 32.1 Å². The first-order chi connectivity index (χ1) is 12.1. The lowest BCUT2D eigenvalue weighted by Gasteiger charge is -2.30. The maximum atomic E-state index is 5.15. The lowest BCUT2D eigenvalue weighted by Crippen LogP contribution is -2.33. The minimum Gasteiger partial charge on any atom is -0.361 e. The van der Waals surface area contributed by atoms with Gasteiger partial charge in [-0.2, -0.15) is 4.52 Å². The summed E-state index contributed by atoms with van der Waals surface area (Å²) in [4.78, 5) is 4.44. The summed E-state index contributed by atoms with van der Waals surface area (Å²) in [6.07, 6.45) is 3.93. The Balaban J connectivity index is 1.48. The highest BCUT2D eigenvalue weighted by atomic mass is 16.5. The van der Waals surface area contributed by atoms with Gasteiger partial charge < -0.3 is 9.42 Å². The fraction of sp³-hybridized carbons (Fsp3) is 0.529. The quantitative estimate of drug-likeness (QED) is 0.717. The average Bonchev–Trinajstić information content (AvgIpc) is 3.21. The summed E-state index contributed by atoms with van der Waals surface area (Å²) in [7, 11) is 3.98. The number of aromatic nitrogens is 5. The molecule has 1 saturated heterocycles. The van der Waals surface area contributed by atoms with Gasteiger partial charge in [-0.15, -0.1) is 15.3 Å². The predicted octanol–water partition coefficient (Wildman–Crippen LogP) is 1.87. The standard InChI is InChI=1S/C17H23N7O/c1-12-14(10-18-25-12)11-23-8-6-13(7-9-23)17-20-19-15-4-5-16(22(2)3)21-24(15)17/h4-5,10,13H,6-9,11H2,1-3H3. The molecule has 0 spiro atoms. The van der Waals surface area contributed by atoms with Crippen molar-refractivity contribution >= 4 is 11.5 Å². The van der Waals surface area contributed by atoms with Crippen molar-refractivity contribution < 1.29 is 4.52 Å². The minimum absolute atomic E-state index is 0.389. The molecule has 1 aliphatic rings. The predicted molar refractivity (Wildman–Crippen MR) is 93.6 cm³/mol. The molecule has 0 atom stereocenters. The molecule has 4 heterocycles. The maximum Gasteiger partial charge on any atom is 0.178 e. The topological polar surface area (TPSA) is 75.6 Å². The van der Waals surface area contributed by atoms with Gasteiger partial charge in [-0.3, -0.25) is 4.90 Å². The second kappa shape index (κ2) is 6.44. The number of hydrogen-bond donors (Lipinski definition) is 0. The molecule has 0 saturated carbocycles. The van der Waals surface area contributed by atoms with Gasteiger partial charge in [-0.05, 0) is 45.0 Å². The molecule has 3 aromatic heterocycles. The van der Waals surface area contributed by atoms with E-state index in [0.717, 1.165) is 55.5 Å². The molecule has 132 valence electrons. The van der Waals surface area contributed by atoms with E-state index in [0.29, 0.717) is 5.92 Å². The molecule has 8 heteroatoms. The first-order valence-electron chi connectivity index (χ1n) is 8.64. The van der Waals surface area contributed by atoms with Gasteiger partial charge in [0.05, 0.1) is 6.20 Å². The van der Waals surface area contributed by atoms with Crippen LogP contribution in [0.4, 0.5) is 5.82 Å². The van der Waals surface area contributed by atoms with E-state index >= 15 is 0 Å². The van der Waals surface area contributed by atoms with Crippen molar-refractivity contribution in [3.8, 4) is 0 Å². The Morgan fingerprint density at radius 3 is 2.68 bits per heavy atom. The van der Waals surface area contributed by atoms with Crippen LogP contribution in [0.3, 0.4) is 0 Å². The van der Waals surface area contributed by atoms with Crippen LogP contribution in [-0.2, 0) is 6.54 Å². The number of anilines is 1. The largest absolute Gasteiger partial charge is 0.361 e. The van der Waals surface area contributed by atoms with E-state index in [1.807, 2.05) is 48.8 Å². The minimum atomic E-state index is 0.389. The summed E-state index contributed by atoms with van der Waals surface area (Å²) in [5, 5.41) is 17.3. The van der Waals surface area contributed by atoms with Gasteiger partial charge in [0.2, 0.25) is 0 Å². The van der Waals surface area contributed by atoms with Crippen LogP contribution >= 0.6 is 0 Å². The fourth-order valence-electron chi connectivity index (χ4n) is 3.35. The molecule has 25 heavy (non-hydrogen) atoms. The molecule has 0 radical (unpaired) electrons. The zero-order chi connectivity index (χ0) is 17.4. The Labute approximate surface area is 146 Å². The second-order valence-electron chi connectivity index (χ2n) is 6.87. The molecule has 0 aliphatic carbocycles. The SMILES string of the molecule is Cc1oncc1CN1CCC(c2nnc3ccc(N(C)C)nn23)CC1. The number of hydrogen-bond acceptors (Lipinski definition) is 7. The molecule has 8 nitrogen and oxygen atoms in total. The molecule has 0 aromatic carbocycles. The molecule has 0 amide bonds. The van der Waals surface area contributed by atoms with E-state index in [-0.39, 0.29) is 0 Å². The van der Waals surface area contributed by atoms with Crippen molar-refractivity contribution in [2.24, 2.45) is 0 Å². The van der Waals surface area contributed by atoms with E-state index in [4.69, 9.17) is 4.52 Å². The highest BCUT2D eigenvalue weighted by Gasteiger charge is 2.25. The van der Waals surface area contributed by atoms with E-state index in [1.165, 1.54) is 5.56 Å². The van der Waals surface area contributed by atoms with Gasteiger partial charge >= 0.3 is 0 Å². The first-order valence-corrected chi connectivity index (χ1v) is 8.64. The van der Waals surface area contributed by atoms with E-state index < -0.39 is 0 Å². The highest BCUT2D eigenvalue weighted by molar-refractivity contribution is 5.45. The molecule has 0 N–H and O–H groups in total. The number of nitrogens with zero attached hydrogens (tertiary/aromatic N) is 7. The summed E-state index contributed by atoms with van der Waals surface area (Å²) in [6.45, 7) is 4.91. The summed E-state index contributed by atoms with van der Waals surface area (Å²) in [6, 6.07) is 3.94. The van der Waals surface area contributed by atoms with Gasteiger partial charge in [0.1, 0.15) is 11.6 Å². The Morgan fingerprint density at radius 1 is 1.20 bits per heavy atom. The Kier molecular flexibility index (Phi) is 4.12. The molecular weight excluding hydrogens is 318 g/mol. The Bertz CT molecular complexity index is 861. The zero-order valence-electron chi connectivity index (χ0n) is 14.9. The van der Waals surface area contributed by atoms with Crippen LogP contribution in [0, 0.1) is 6.92 Å². The number of likely N-dealkylation sites (tertiary alicyclic amines) is 1. The molecule has 0 unspecified atom stereocenters. The number of rotatable bonds is 4. The van der Waals surface area contributed by atoms with Gasteiger partial charge in [0, 0.05) is 32.1 Å². The zero-order valence-corrected chi connectivity index (χ0v) is 14.9. The lowest BCUT2D eigenvalue weighted by atomic mass is 9.96. The van der Waals surface area contributed by atoms with Gasteiger partial charge in [-0.1, -0.05) is 5.16 Å². The van der Waals surface area contributed by atoms with Crippen LogP contribution in [-0.4, -0.2) is 57.1 Å². The van der Waals surface area contributed by atoms with E-state index in [1.54, 1.807) is 0 Å². The Morgan fingerprint density at radius 2 is 2.00 bits per heavy atom. The van der Waals surface area contributed by atoms with Crippen LogP contribution in [0.5, 0.6) is 0 Å². The summed E-state index contributed by atoms with van der Waals surface area (Å²) >= 11 is 0. The molecule has 3 aromatic rings. The van der Waals surface area contributed by atoms with Crippen LogP contribution < -0.4 is 4.90 Å². The smallest absolute Gasteiger partial charge is 0.178 e. The van der Waals surface area contributed by atoms with Crippen molar-refractivity contribution in [3.63, 3.8) is 0 Å². The van der Waals surface area contributed by atoms with Crippen LogP contribution in [0.25, 0.3) is 5.65 Å². The number of aryl methyl sites for hydroxylation is 1. The fourth-order valence-corrected chi connectivity index (χ4v) is 3.35. The van der Waals surface area contributed by atoms with Crippen molar-refractivity contribution in [1.29, 1.82) is 0 Å². The van der Waals surface area contributed by atoms with Gasteiger partial charge in [-0.25, -0.2) is 0 Å². The van der Waals surface area contributed by atoms with Gasteiger partial charge in [0.25, 0.3) is 0 Å². The highest BCUT2D eigenvalue weighted by Crippen LogP contribution is 2.28. The van der Waals surface area contributed by atoms with Gasteiger partial charge in [0.15, 0.2) is 11.5 Å². The molecule has 1 fully saturated rings. The number of fused-ring (bicyclic) bond motifs is 1. The lowest BCUT2D eigenvalue weighted by molar-refractivity contribution is 0.200. The Hall–Kier alpha value is -2.48. The van der Waals surface area contributed by atoms with Crippen molar-refractivity contribution in [2.45, 2.75) is 32.2 Å². The average molecular weight is 341 g/mol. The third-order valence-corrected chi connectivity index (χ3v) is 4.93. The van der Waals surface area contributed by atoms with E-state index in [2.05, 4.69) is 25.4 Å². The molecular formula is C17H23N7O. The van der Waals surface area contributed by atoms with Crippen LogP contribution in [0.15, 0.2) is 22.9 Å². The first kappa shape index (κ1) is 16.0. The van der Waals surface area contributed by atoms with Crippen LogP contribution in [0.1, 0.15) is 35.9 Å². The molecule has 0 bridgehead atoms. The third-order valence-electron chi connectivity index (χ3n) is 4.93. The maximum absolute atomic E-state index is 5.15.